The topological polar surface area (TPSA) is 55.1 Å². The fourth-order valence-corrected chi connectivity index (χ4v) is 3.42. The molecular weight excluding hydrogens is 272 g/mol. The van der Waals surface area contributed by atoms with E-state index in [1.54, 1.807) is 17.4 Å². The van der Waals surface area contributed by atoms with Crippen LogP contribution in [-0.2, 0) is 24.2 Å². The fourth-order valence-electron chi connectivity index (χ4n) is 2.57. The van der Waals surface area contributed by atoms with E-state index in [4.69, 9.17) is 5.11 Å². The van der Waals surface area contributed by atoms with Gasteiger partial charge in [0.25, 0.3) is 0 Å². The number of fused-ring (bicyclic) bond motifs is 1. The summed E-state index contributed by atoms with van der Waals surface area (Å²) in [4.78, 5) is 16.2. The second kappa shape index (κ2) is 5.63. The molecule has 3 rings (SSSR count). The molecule has 0 radical (unpaired) electrons. The summed E-state index contributed by atoms with van der Waals surface area (Å²) in [5, 5.41) is 10.6. The lowest BCUT2D eigenvalue weighted by Gasteiger charge is -2.13. The van der Waals surface area contributed by atoms with Gasteiger partial charge in [-0.3, -0.25) is 0 Å². The van der Waals surface area contributed by atoms with Gasteiger partial charge < -0.3 is 9.67 Å². The van der Waals surface area contributed by atoms with Crippen LogP contribution in [0, 0.1) is 0 Å². The quantitative estimate of drug-likeness (QED) is 0.880. The highest BCUT2D eigenvalue weighted by molar-refractivity contribution is 7.10. The average molecular weight is 288 g/mol. The number of nitrogens with zero attached hydrogens (tertiary/aromatic N) is 2. The van der Waals surface area contributed by atoms with Crippen molar-refractivity contribution in [2.24, 2.45) is 0 Å². The molecule has 2 aromatic rings. The Labute approximate surface area is 121 Å². The van der Waals surface area contributed by atoms with Crippen molar-refractivity contribution >= 4 is 23.4 Å². The van der Waals surface area contributed by atoms with Gasteiger partial charge in [-0.1, -0.05) is 0 Å². The van der Waals surface area contributed by atoms with Crippen LogP contribution in [0.2, 0.25) is 0 Å². The summed E-state index contributed by atoms with van der Waals surface area (Å²) in [6, 6.07) is 2.04. The maximum Gasteiger partial charge on any atom is 0.328 e. The Balaban J connectivity index is 1.75. The van der Waals surface area contributed by atoms with Crippen LogP contribution in [0.4, 0.5) is 0 Å². The molecule has 1 aliphatic carbocycles. The number of aromatic nitrogens is 2. The van der Waals surface area contributed by atoms with Crippen molar-refractivity contribution in [2.45, 2.75) is 32.2 Å². The van der Waals surface area contributed by atoms with Crippen LogP contribution in [0.25, 0.3) is 6.08 Å². The van der Waals surface area contributed by atoms with Gasteiger partial charge in [0.15, 0.2) is 0 Å². The van der Waals surface area contributed by atoms with Gasteiger partial charge in [0.05, 0.1) is 18.6 Å². The minimum absolute atomic E-state index is 0.827. The van der Waals surface area contributed by atoms with Crippen molar-refractivity contribution in [3.63, 3.8) is 0 Å². The summed E-state index contributed by atoms with van der Waals surface area (Å²) < 4.78 is 2.23. The number of hydrogen-bond acceptors (Lipinski definition) is 3. The zero-order chi connectivity index (χ0) is 13.9. The number of rotatable bonds is 4. The monoisotopic (exact) mass is 288 g/mol. The van der Waals surface area contributed by atoms with Crippen LogP contribution >= 0.6 is 11.3 Å². The lowest BCUT2D eigenvalue weighted by molar-refractivity contribution is -0.131. The van der Waals surface area contributed by atoms with E-state index < -0.39 is 5.97 Å². The molecule has 5 heteroatoms. The number of hydrogen-bond donors (Lipinski definition) is 1. The molecule has 0 amide bonds. The molecule has 0 atom stereocenters. The Bertz CT molecular complexity index is 655. The molecular formula is C15H16N2O2S. The molecule has 0 bridgehead atoms. The third-order valence-electron chi connectivity index (χ3n) is 3.53. The lowest BCUT2D eigenvalue weighted by atomic mass is 10.0. The Hall–Kier alpha value is -1.88. The third kappa shape index (κ3) is 2.82. The predicted octanol–water partition coefficient (Wildman–Crippen LogP) is 2.97. The average Bonchev–Trinajstić information content (AvgIpc) is 3.05. The number of thiophene rings is 1. The highest BCUT2D eigenvalue weighted by Gasteiger charge is 2.15. The number of carboxylic acid groups (broad SMARTS) is 1. The standard InChI is InChI=1S/C15H16N2O2S/c18-15(19)6-5-11-7-12(20-9-11)8-17-10-16-13-3-1-2-4-14(13)17/h5-7,9-10H,1-4,8H2,(H,18,19)/b6-5+. The molecule has 2 aromatic heterocycles. The fraction of sp³-hybridized carbons (Fsp3) is 0.333. The van der Waals surface area contributed by atoms with Crippen LogP contribution in [0.5, 0.6) is 0 Å². The van der Waals surface area contributed by atoms with Gasteiger partial charge in [-0.2, -0.15) is 0 Å². The zero-order valence-corrected chi connectivity index (χ0v) is 11.9. The van der Waals surface area contributed by atoms with Crippen molar-refractivity contribution in [3.05, 3.63) is 45.7 Å². The molecule has 0 aromatic carbocycles. The molecule has 1 N–H and O–H groups in total. The first-order chi connectivity index (χ1) is 9.72. The normalized spacial score (nSPS) is 14.6. The SMILES string of the molecule is O=C(O)/C=C/c1csc(Cn2cnc3c2CCCC3)c1. The van der Waals surface area contributed by atoms with E-state index >= 15 is 0 Å². The molecule has 4 nitrogen and oxygen atoms in total. The van der Waals surface area contributed by atoms with Gasteiger partial charge in [0.1, 0.15) is 0 Å². The van der Waals surface area contributed by atoms with Crippen molar-refractivity contribution in [3.8, 4) is 0 Å². The Kier molecular flexibility index (Phi) is 3.69. The van der Waals surface area contributed by atoms with E-state index in [9.17, 15) is 4.79 Å². The molecule has 0 aliphatic heterocycles. The summed E-state index contributed by atoms with van der Waals surface area (Å²) in [7, 11) is 0. The number of carbonyl (C=O) groups is 1. The summed E-state index contributed by atoms with van der Waals surface area (Å²) in [5.41, 5.74) is 3.56. The number of imidazole rings is 1. The third-order valence-corrected chi connectivity index (χ3v) is 4.47. The predicted molar refractivity (Wildman–Crippen MR) is 79.0 cm³/mol. The van der Waals surface area contributed by atoms with Crippen molar-refractivity contribution in [1.82, 2.24) is 9.55 Å². The number of aryl methyl sites for hydroxylation is 1. The largest absolute Gasteiger partial charge is 0.478 e. The van der Waals surface area contributed by atoms with Crippen molar-refractivity contribution in [2.75, 3.05) is 0 Å². The van der Waals surface area contributed by atoms with Gasteiger partial charge in [0.2, 0.25) is 0 Å². The van der Waals surface area contributed by atoms with E-state index in [0.29, 0.717) is 0 Å². The molecule has 104 valence electrons. The summed E-state index contributed by atoms with van der Waals surface area (Å²) in [6.07, 6.45) is 9.44. The van der Waals surface area contributed by atoms with Gasteiger partial charge in [-0.05, 0) is 48.8 Å². The van der Waals surface area contributed by atoms with E-state index in [1.807, 2.05) is 17.8 Å². The minimum Gasteiger partial charge on any atom is -0.478 e. The van der Waals surface area contributed by atoms with Crippen molar-refractivity contribution < 1.29 is 9.90 Å². The van der Waals surface area contributed by atoms with Crippen LogP contribution in [0.3, 0.4) is 0 Å². The first kappa shape index (κ1) is 13.1. The van der Waals surface area contributed by atoms with Gasteiger partial charge >= 0.3 is 5.97 Å². The van der Waals surface area contributed by atoms with E-state index in [2.05, 4.69) is 9.55 Å². The second-order valence-corrected chi connectivity index (χ2v) is 5.99. The van der Waals surface area contributed by atoms with Gasteiger partial charge in [-0.15, -0.1) is 11.3 Å². The van der Waals surface area contributed by atoms with Crippen molar-refractivity contribution in [1.29, 1.82) is 0 Å². The Morgan fingerprint density at radius 1 is 1.45 bits per heavy atom. The second-order valence-electron chi connectivity index (χ2n) is 4.99. The molecule has 0 fully saturated rings. The molecule has 0 saturated carbocycles. The Morgan fingerprint density at radius 2 is 2.30 bits per heavy atom. The van der Waals surface area contributed by atoms with Crippen LogP contribution in [0.1, 0.15) is 34.7 Å². The molecule has 0 unspecified atom stereocenters. The van der Waals surface area contributed by atoms with Crippen LogP contribution in [-0.4, -0.2) is 20.6 Å². The van der Waals surface area contributed by atoms with Gasteiger partial charge in [0, 0.05) is 16.6 Å². The number of carboxylic acids is 1. The highest BCUT2D eigenvalue weighted by Crippen LogP contribution is 2.23. The molecule has 0 saturated heterocycles. The molecule has 2 heterocycles. The van der Waals surface area contributed by atoms with Crippen LogP contribution in [0.15, 0.2) is 23.8 Å². The first-order valence-electron chi connectivity index (χ1n) is 6.73. The van der Waals surface area contributed by atoms with E-state index in [1.165, 1.54) is 35.2 Å². The van der Waals surface area contributed by atoms with E-state index in [0.717, 1.165) is 24.9 Å². The highest BCUT2D eigenvalue weighted by atomic mass is 32.1. The summed E-state index contributed by atoms with van der Waals surface area (Å²) >= 11 is 1.66. The molecule has 0 spiro atoms. The maximum atomic E-state index is 10.5. The minimum atomic E-state index is -0.915. The smallest absolute Gasteiger partial charge is 0.328 e. The number of aliphatic carboxylic acids is 1. The molecule has 1 aliphatic rings. The van der Waals surface area contributed by atoms with Gasteiger partial charge in [-0.25, -0.2) is 9.78 Å². The zero-order valence-electron chi connectivity index (χ0n) is 11.1. The lowest BCUT2D eigenvalue weighted by Crippen LogP contribution is -2.08. The molecule has 20 heavy (non-hydrogen) atoms. The van der Waals surface area contributed by atoms with E-state index in [-0.39, 0.29) is 0 Å². The summed E-state index contributed by atoms with van der Waals surface area (Å²) in [5.74, 6) is -0.915. The maximum absolute atomic E-state index is 10.5. The Morgan fingerprint density at radius 3 is 3.15 bits per heavy atom. The van der Waals surface area contributed by atoms with Crippen LogP contribution < -0.4 is 0 Å². The first-order valence-corrected chi connectivity index (χ1v) is 7.61. The summed E-state index contributed by atoms with van der Waals surface area (Å²) in [6.45, 7) is 0.827.